The van der Waals surface area contributed by atoms with Crippen molar-refractivity contribution in [2.45, 2.75) is 45.2 Å². The molecule has 6 nitrogen and oxygen atoms in total. The van der Waals surface area contributed by atoms with Crippen LogP contribution in [0.5, 0.6) is 0 Å². The Bertz CT molecular complexity index is 1230. The van der Waals surface area contributed by atoms with Crippen LogP contribution in [-0.2, 0) is 23.3 Å². The van der Waals surface area contributed by atoms with Crippen LogP contribution in [0.3, 0.4) is 0 Å². The molecule has 1 atom stereocenters. The van der Waals surface area contributed by atoms with E-state index in [0.717, 1.165) is 45.1 Å². The van der Waals surface area contributed by atoms with Gasteiger partial charge in [0.2, 0.25) is 0 Å². The van der Waals surface area contributed by atoms with Crippen LogP contribution in [0.15, 0.2) is 47.8 Å². The van der Waals surface area contributed by atoms with E-state index in [-0.39, 0.29) is 18.2 Å². The van der Waals surface area contributed by atoms with Gasteiger partial charge in [-0.3, -0.25) is 14.5 Å². The molecule has 1 N–H and O–H groups in total. The molecule has 164 valence electrons. The third kappa shape index (κ3) is 3.19. The molecule has 1 spiro atoms. The van der Waals surface area contributed by atoms with E-state index in [1.54, 1.807) is 11.3 Å². The topological polar surface area (TPSA) is 71.4 Å². The number of nitrogens with zero attached hydrogens (tertiary/aromatic N) is 2. The average Bonchev–Trinajstić information content (AvgIpc) is 3.44. The number of hydrogen-bond acceptors (Lipinski definition) is 4. The van der Waals surface area contributed by atoms with Gasteiger partial charge in [0.1, 0.15) is 5.54 Å². The first-order valence-corrected chi connectivity index (χ1v) is 11.7. The van der Waals surface area contributed by atoms with Gasteiger partial charge in [-0.15, -0.1) is 11.3 Å². The average molecular weight is 448 g/mol. The molecule has 1 unspecified atom stereocenters. The fraction of sp³-hybridized carbons (Fsp3) is 0.320. The number of urea groups is 1. The normalized spacial score (nSPS) is 20.0. The number of ketones is 1. The minimum Gasteiger partial charge on any atom is -0.344 e. The summed E-state index contributed by atoms with van der Waals surface area (Å²) in [5.41, 5.74) is 3.39. The summed E-state index contributed by atoms with van der Waals surface area (Å²) in [5, 5.41) is 4.88. The quantitative estimate of drug-likeness (QED) is 0.471. The number of aryl methyl sites for hydroxylation is 2. The predicted octanol–water partition coefficient (Wildman–Crippen LogP) is 4.18. The molecule has 5 rings (SSSR count). The Morgan fingerprint density at radius 3 is 2.72 bits per heavy atom. The molecule has 1 fully saturated rings. The molecule has 1 saturated heterocycles. The van der Waals surface area contributed by atoms with Gasteiger partial charge in [0.05, 0.1) is 6.54 Å². The molecular weight excluding hydrogens is 422 g/mol. The molecule has 3 heterocycles. The van der Waals surface area contributed by atoms with Gasteiger partial charge in [0.25, 0.3) is 5.91 Å². The van der Waals surface area contributed by atoms with Gasteiger partial charge in [-0.05, 0) is 56.2 Å². The minimum absolute atomic E-state index is 0.223. The highest BCUT2D eigenvalue weighted by atomic mass is 32.1. The van der Waals surface area contributed by atoms with Crippen LogP contribution in [0, 0.1) is 13.8 Å². The molecular formula is C25H25N3O3S. The molecule has 0 saturated carbocycles. The molecule has 0 radical (unpaired) electrons. The molecule has 7 heteroatoms. The molecule has 2 aromatic heterocycles. The highest BCUT2D eigenvalue weighted by Crippen LogP contribution is 2.42. The second kappa shape index (κ2) is 7.74. The summed E-state index contributed by atoms with van der Waals surface area (Å²) in [6.07, 6.45) is 2.32. The van der Waals surface area contributed by atoms with E-state index < -0.39 is 11.6 Å². The Kier molecular flexibility index (Phi) is 5.01. The summed E-state index contributed by atoms with van der Waals surface area (Å²) in [4.78, 5) is 41.7. The number of carbonyl (C=O) groups is 3. The van der Waals surface area contributed by atoms with Gasteiger partial charge < -0.3 is 9.88 Å². The standard InChI is InChI=1S/C25H25N3O3S/c1-16-13-19(17(2)27(16)14-18-7-4-3-5-8-18)21(29)15-28-23(30)25(26-24(28)31)11-6-9-22-20(25)10-12-32-22/h3-5,7-8,10,12-13H,6,9,11,14-15H2,1-2H3,(H,26,31). The summed E-state index contributed by atoms with van der Waals surface area (Å²) in [6, 6.07) is 13.4. The number of Topliss-reactive ketones (excluding diaryl/α,β-unsaturated/α-hetero) is 1. The number of aromatic nitrogens is 1. The Hall–Kier alpha value is -3.19. The number of imide groups is 1. The second-order valence-electron chi connectivity index (χ2n) is 8.62. The van der Waals surface area contributed by atoms with Gasteiger partial charge in [0.15, 0.2) is 5.78 Å². The summed E-state index contributed by atoms with van der Waals surface area (Å²) in [7, 11) is 0. The molecule has 2 aliphatic rings. The number of rotatable bonds is 5. The van der Waals surface area contributed by atoms with E-state index in [4.69, 9.17) is 0 Å². The summed E-state index contributed by atoms with van der Waals surface area (Å²) < 4.78 is 2.09. The van der Waals surface area contributed by atoms with Crippen molar-refractivity contribution in [2.75, 3.05) is 6.54 Å². The van der Waals surface area contributed by atoms with Gasteiger partial charge >= 0.3 is 6.03 Å². The highest BCUT2D eigenvalue weighted by molar-refractivity contribution is 7.10. The number of amides is 3. The Morgan fingerprint density at radius 2 is 1.94 bits per heavy atom. The monoisotopic (exact) mass is 447 g/mol. The van der Waals surface area contributed by atoms with Crippen molar-refractivity contribution in [3.8, 4) is 0 Å². The lowest BCUT2D eigenvalue weighted by molar-refractivity contribution is -0.131. The van der Waals surface area contributed by atoms with Crippen LogP contribution in [0.25, 0.3) is 0 Å². The third-order valence-corrected chi connectivity index (χ3v) is 7.68. The fourth-order valence-corrected chi connectivity index (χ4v) is 6.01. The van der Waals surface area contributed by atoms with E-state index >= 15 is 0 Å². The number of hydrogen-bond donors (Lipinski definition) is 1. The summed E-state index contributed by atoms with van der Waals surface area (Å²) in [6.45, 7) is 4.30. The van der Waals surface area contributed by atoms with Gasteiger partial charge in [-0.1, -0.05) is 30.3 Å². The fourth-order valence-electron chi connectivity index (χ4n) is 5.01. The van der Waals surface area contributed by atoms with Gasteiger partial charge in [-0.25, -0.2) is 4.79 Å². The summed E-state index contributed by atoms with van der Waals surface area (Å²) >= 11 is 1.62. The predicted molar refractivity (Wildman–Crippen MR) is 123 cm³/mol. The smallest absolute Gasteiger partial charge is 0.325 e. The van der Waals surface area contributed by atoms with E-state index in [1.165, 1.54) is 0 Å². The zero-order valence-electron chi connectivity index (χ0n) is 18.2. The molecule has 1 aliphatic carbocycles. The van der Waals surface area contributed by atoms with Crippen molar-refractivity contribution < 1.29 is 14.4 Å². The first kappa shape index (κ1) is 20.7. The van der Waals surface area contributed by atoms with E-state index in [0.29, 0.717) is 18.5 Å². The summed E-state index contributed by atoms with van der Waals surface area (Å²) in [5.74, 6) is -0.535. The molecule has 3 amide bonds. The van der Waals surface area contributed by atoms with Crippen molar-refractivity contribution in [3.63, 3.8) is 0 Å². The molecule has 32 heavy (non-hydrogen) atoms. The van der Waals surface area contributed by atoms with E-state index in [2.05, 4.69) is 22.0 Å². The Morgan fingerprint density at radius 1 is 1.16 bits per heavy atom. The number of benzene rings is 1. The highest BCUT2D eigenvalue weighted by Gasteiger charge is 2.54. The van der Waals surface area contributed by atoms with Crippen LogP contribution in [0.2, 0.25) is 0 Å². The maximum Gasteiger partial charge on any atom is 0.325 e. The lowest BCUT2D eigenvalue weighted by Crippen LogP contribution is -2.46. The molecule has 0 bridgehead atoms. The van der Waals surface area contributed by atoms with Crippen LogP contribution in [0.1, 0.15) is 50.6 Å². The first-order chi connectivity index (χ1) is 15.4. The van der Waals surface area contributed by atoms with Crippen molar-refractivity contribution >= 4 is 29.1 Å². The van der Waals surface area contributed by atoms with E-state index in [9.17, 15) is 14.4 Å². The lowest BCUT2D eigenvalue weighted by atomic mass is 9.80. The van der Waals surface area contributed by atoms with Gasteiger partial charge in [0, 0.05) is 33.9 Å². The van der Waals surface area contributed by atoms with Crippen molar-refractivity contribution in [2.24, 2.45) is 0 Å². The van der Waals surface area contributed by atoms with Crippen molar-refractivity contribution in [1.82, 2.24) is 14.8 Å². The SMILES string of the molecule is Cc1cc(C(=O)CN2C(=O)NC3(CCCc4sccc43)C2=O)c(C)n1Cc1ccccc1. The Labute approximate surface area is 190 Å². The molecule has 1 aliphatic heterocycles. The number of nitrogens with one attached hydrogen (secondary N) is 1. The number of thiophene rings is 1. The van der Waals surface area contributed by atoms with E-state index in [1.807, 2.05) is 49.6 Å². The van der Waals surface area contributed by atoms with Crippen LogP contribution < -0.4 is 5.32 Å². The van der Waals surface area contributed by atoms with Crippen LogP contribution in [0.4, 0.5) is 4.79 Å². The van der Waals surface area contributed by atoms with Crippen molar-refractivity contribution in [3.05, 3.63) is 80.8 Å². The van der Waals surface area contributed by atoms with Crippen molar-refractivity contribution in [1.29, 1.82) is 0 Å². The number of fused-ring (bicyclic) bond motifs is 2. The number of carbonyl (C=O) groups excluding carboxylic acids is 3. The zero-order chi connectivity index (χ0) is 22.5. The largest absolute Gasteiger partial charge is 0.344 e. The van der Waals surface area contributed by atoms with Gasteiger partial charge in [-0.2, -0.15) is 0 Å². The minimum atomic E-state index is -1.02. The first-order valence-electron chi connectivity index (χ1n) is 10.9. The lowest BCUT2D eigenvalue weighted by Gasteiger charge is -2.31. The zero-order valence-corrected chi connectivity index (χ0v) is 19.0. The Balaban J connectivity index is 1.39. The maximum atomic E-state index is 13.4. The van der Waals surface area contributed by atoms with Crippen LogP contribution in [-0.4, -0.2) is 33.7 Å². The molecule has 3 aromatic rings. The second-order valence-corrected chi connectivity index (χ2v) is 9.62. The maximum absolute atomic E-state index is 13.4. The van der Waals surface area contributed by atoms with Crippen LogP contribution >= 0.6 is 11.3 Å². The molecule has 1 aromatic carbocycles. The third-order valence-electron chi connectivity index (χ3n) is 6.70.